The summed E-state index contributed by atoms with van der Waals surface area (Å²) in [6, 6.07) is 15.9. The van der Waals surface area contributed by atoms with E-state index in [0.717, 1.165) is 10.4 Å². The molecule has 2 nitrogen and oxygen atoms in total. The monoisotopic (exact) mass is 268 g/mol. The van der Waals surface area contributed by atoms with Gasteiger partial charge in [0, 0.05) is 4.88 Å². The summed E-state index contributed by atoms with van der Waals surface area (Å²) >= 11 is 1.32. The molecule has 3 rings (SSSR count). The summed E-state index contributed by atoms with van der Waals surface area (Å²) in [5.41, 5.74) is 2.33. The molecule has 1 heterocycles. The van der Waals surface area contributed by atoms with Crippen molar-refractivity contribution in [1.82, 2.24) is 0 Å². The zero-order chi connectivity index (χ0) is 13.4. The van der Waals surface area contributed by atoms with Crippen LogP contribution in [0.15, 0.2) is 48.5 Å². The van der Waals surface area contributed by atoms with Crippen LogP contribution in [-0.2, 0) is 0 Å². The summed E-state index contributed by atoms with van der Waals surface area (Å²) in [6.07, 6.45) is 0. The second kappa shape index (κ2) is 4.52. The summed E-state index contributed by atoms with van der Waals surface area (Å²) in [5.74, 6) is -0.868. The Hall–Kier alpha value is -2.13. The molecule has 0 spiro atoms. The minimum Gasteiger partial charge on any atom is -0.477 e. The van der Waals surface area contributed by atoms with Crippen LogP contribution in [0.4, 0.5) is 0 Å². The van der Waals surface area contributed by atoms with Gasteiger partial charge in [-0.1, -0.05) is 36.4 Å². The molecule has 0 bridgehead atoms. The fourth-order valence-corrected chi connectivity index (χ4v) is 3.15. The molecule has 94 valence electrons. The van der Waals surface area contributed by atoms with Crippen LogP contribution in [0, 0.1) is 6.92 Å². The molecule has 0 saturated heterocycles. The summed E-state index contributed by atoms with van der Waals surface area (Å²) in [7, 11) is 0. The molecule has 0 amide bonds. The molecule has 1 N–H and O–H groups in total. The highest BCUT2D eigenvalue weighted by atomic mass is 32.1. The molecule has 0 aliphatic carbocycles. The zero-order valence-electron chi connectivity index (χ0n) is 10.4. The van der Waals surface area contributed by atoms with Gasteiger partial charge in [-0.15, -0.1) is 11.3 Å². The lowest BCUT2D eigenvalue weighted by molar-refractivity contribution is 0.0702. The lowest BCUT2D eigenvalue weighted by Crippen LogP contribution is -1.89. The van der Waals surface area contributed by atoms with Crippen molar-refractivity contribution < 1.29 is 9.90 Å². The van der Waals surface area contributed by atoms with E-state index >= 15 is 0 Å². The van der Waals surface area contributed by atoms with E-state index in [4.69, 9.17) is 5.11 Å². The van der Waals surface area contributed by atoms with E-state index in [1.165, 1.54) is 27.7 Å². The molecule has 3 heteroatoms. The highest BCUT2D eigenvalue weighted by Crippen LogP contribution is 2.34. The molecular formula is C16H12O2S. The van der Waals surface area contributed by atoms with Crippen LogP contribution >= 0.6 is 11.3 Å². The highest BCUT2D eigenvalue weighted by molar-refractivity contribution is 7.17. The van der Waals surface area contributed by atoms with Crippen LogP contribution in [0.1, 0.15) is 15.2 Å². The molecule has 0 aliphatic heterocycles. The van der Waals surface area contributed by atoms with E-state index < -0.39 is 5.97 Å². The third-order valence-electron chi connectivity index (χ3n) is 3.22. The molecule has 0 aliphatic rings. The van der Waals surface area contributed by atoms with Crippen molar-refractivity contribution in [2.45, 2.75) is 6.92 Å². The molecule has 0 saturated carbocycles. The third kappa shape index (κ3) is 2.02. The average molecular weight is 268 g/mol. The number of thiophene rings is 1. The SMILES string of the molecule is Cc1ccc(-c2ccc(C(=O)O)s2)c2ccccc12. The van der Waals surface area contributed by atoms with E-state index in [1.807, 2.05) is 18.2 Å². The molecular weight excluding hydrogens is 256 g/mol. The lowest BCUT2D eigenvalue weighted by Gasteiger charge is -2.07. The zero-order valence-corrected chi connectivity index (χ0v) is 11.2. The summed E-state index contributed by atoms with van der Waals surface area (Å²) in [4.78, 5) is 12.3. The normalized spacial score (nSPS) is 10.8. The largest absolute Gasteiger partial charge is 0.477 e. The number of carboxylic acids is 1. The standard InChI is InChI=1S/C16H12O2S/c1-10-6-7-13(12-5-3-2-4-11(10)12)14-8-9-15(19-14)16(17)18/h2-9H,1H3,(H,17,18). The third-order valence-corrected chi connectivity index (χ3v) is 4.33. The van der Waals surface area contributed by atoms with Gasteiger partial charge in [0.2, 0.25) is 0 Å². The first-order valence-corrected chi connectivity index (χ1v) is 6.80. The summed E-state index contributed by atoms with van der Waals surface area (Å²) in [5, 5.41) is 11.4. The predicted molar refractivity (Wildman–Crippen MR) is 79.0 cm³/mol. The molecule has 19 heavy (non-hydrogen) atoms. The van der Waals surface area contributed by atoms with E-state index in [1.54, 1.807) is 6.07 Å². The molecule has 2 aromatic carbocycles. The molecule has 1 aromatic heterocycles. The van der Waals surface area contributed by atoms with Crippen molar-refractivity contribution in [2.75, 3.05) is 0 Å². The Balaban J connectivity index is 2.24. The Morgan fingerprint density at radius 1 is 1.00 bits per heavy atom. The lowest BCUT2D eigenvalue weighted by atomic mass is 9.99. The second-order valence-corrected chi connectivity index (χ2v) is 5.53. The van der Waals surface area contributed by atoms with Crippen LogP contribution in [0.3, 0.4) is 0 Å². The van der Waals surface area contributed by atoms with Gasteiger partial charge in [0.1, 0.15) is 4.88 Å². The molecule has 3 aromatic rings. The topological polar surface area (TPSA) is 37.3 Å². The Labute approximate surface area is 114 Å². The van der Waals surface area contributed by atoms with Gasteiger partial charge in [-0.25, -0.2) is 4.79 Å². The van der Waals surface area contributed by atoms with Gasteiger partial charge in [-0.2, -0.15) is 0 Å². The van der Waals surface area contributed by atoms with Crippen molar-refractivity contribution in [3.63, 3.8) is 0 Å². The first-order chi connectivity index (χ1) is 9.16. The summed E-state index contributed by atoms with van der Waals surface area (Å²) in [6.45, 7) is 2.09. The first-order valence-electron chi connectivity index (χ1n) is 5.98. The van der Waals surface area contributed by atoms with Crippen molar-refractivity contribution in [3.05, 3.63) is 59.0 Å². The average Bonchev–Trinajstić information content (AvgIpc) is 2.89. The maximum Gasteiger partial charge on any atom is 0.345 e. The first kappa shape index (κ1) is 11.9. The summed E-state index contributed by atoms with van der Waals surface area (Å²) < 4.78 is 0. The number of carboxylic acid groups (broad SMARTS) is 1. The number of carbonyl (C=O) groups is 1. The Morgan fingerprint density at radius 3 is 2.42 bits per heavy atom. The minimum atomic E-state index is -0.868. The van der Waals surface area contributed by atoms with Gasteiger partial charge in [0.05, 0.1) is 0 Å². The fraction of sp³-hybridized carbons (Fsp3) is 0.0625. The number of rotatable bonds is 2. The van der Waals surface area contributed by atoms with E-state index in [9.17, 15) is 4.79 Å². The van der Waals surface area contributed by atoms with Crippen molar-refractivity contribution in [3.8, 4) is 10.4 Å². The number of fused-ring (bicyclic) bond motifs is 1. The maximum absolute atomic E-state index is 11.0. The van der Waals surface area contributed by atoms with Crippen molar-refractivity contribution in [2.24, 2.45) is 0 Å². The van der Waals surface area contributed by atoms with Crippen molar-refractivity contribution in [1.29, 1.82) is 0 Å². The number of benzene rings is 2. The Bertz CT molecular complexity index is 771. The molecule has 0 fully saturated rings. The van der Waals surface area contributed by atoms with Crippen LogP contribution in [0.5, 0.6) is 0 Å². The van der Waals surface area contributed by atoms with Gasteiger partial charge in [-0.3, -0.25) is 0 Å². The smallest absolute Gasteiger partial charge is 0.345 e. The van der Waals surface area contributed by atoms with Crippen LogP contribution in [0.25, 0.3) is 21.2 Å². The second-order valence-electron chi connectivity index (χ2n) is 4.44. The quantitative estimate of drug-likeness (QED) is 0.739. The van der Waals surface area contributed by atoms with Gasteiger partial charge < -0.3 is 5.11 Å². The van der Waals surface area contributed by atoms with E-state index in [2.05, 4.69) is 31.2 Å². The van der Waals surface area contributed by atoms with E-state index in [-0.39, 0.29) is 0 Å². The highest BCUT2D eigenvalue weighted by Gasteiger charge is 2.11. The Kier molecular flexibility index (Phi) is 2.84. The van der Waals surface area contributed by atoms with Gasteiger partial charge in [0.25, 0.3) is 0 Å². The molecule has 0 atom stereocenters. The number of aromatic carboxylic acids is 1. The van der Waals surface area contributed by atoms with E-state index in [0.29, 0.717) is 4.88 Å². The van der Waals surface area contributed by atoms with Crippen LogP contribution in [-0.4, -0.2) is 11.1 Å². The maximum atomic E-state index is 11.0. The van der Waals surface area contributed by atoms with Crippen LogP contribution < -0.4 is 0 Å². The van der Waals surface area contributed by atoms with Crippen LogP contribution in [0.2, 0.25) is 0 Å². The number of aryl methyl sites for hydroxylation is 1. The Morgan fingerprint density at radius 2 is 1.74 bits per heavy atom. The number of hydrogen-bond acceptors (Lipinski definition) is 2. The minimum absolute atomic E-state index is 0.375. The van der Waals surface area contributed by atoms with Gasteiger partial charge >= 0.3 is 5.97 Å². The molecule has 0 radical (unpaired) electrons. The van der Waals surface area contributed by atoms with Crippen molar-refractivity contribution >= 4 is 28.1 Å². The predicted octanol–water partition coefficient (Wildman–Crippen LogP) is 4.57. The molecule has 0 unspecified atom stereocenters. The van der Waals surface area contributed by atoms with Gasteiger partial charge in [-0.05, 0) is 41.0 Å². The fourth-order valence-electron chi connectivity index (χ4n) is 2.26. The number of hydrogen-bond donors (Lipinski definition) is 1. The van der Waals surface area contributed by atoms with Gasteiger partial charge in [0.15, 0.2) is 0 Å².